The van der Waals surface area contributed by atoms with Crippen molar-refractivity contribution in [1.82, 2.24) is 0 Å². The summed E-state index contributed by atoms with van der Waals surface area (Å²) < 4.78 is 12.1. The highest BCUT2D eigenvalue weighted by Gasteiger charge is 2.36. The molecule has 1 heterocycles. The van der Waals surface area contributed by atoms with Crippen molar-refractivity contribution in [2.75, 3.05) is 12.0 Å². The normalized spacial score (nSPS) is 16.4. The van der Waals surface area contributed by atoms with Gasteiger partial charge in [0.05, 0.1) is 28.3 Å². The molecular weight excluding hydrogens is 478 g/mol. The van der Waals surface area contributed by atoms with E-state index in [0.717, 1.165) is 23.1 Å². The van der Waals surface area contributed by atoms with E-state index in [1.807, 2.05) is 19.9 Å². The topological polar surface area (TPSA) is 55.8 Å². The van der Waals surface area contributed by atoms with Crippen LogP contribution in [0.2, 0.25) is 5.02 Å². The highest BCUT2D eigenvalue weighted by molar-refractivity contribution is 9.10. The van der Waals surface area contributed by atoms with Crippen LogP contribution >= 0.6 is 39.3 Å². The van der Waals surface area contributed by atoms with Crippen LogP contribution in [0.5, 0.6) is 11.5 Å². The molecule has 0 radical (unpaired) electrons. The number of thioether (sulfide) groups is 1. The van der Waals surface area contributed by atoms with Crippen LogP contribution in [0.25, 0.3) is 6.08 Å². The monoisotopic (exact) mass is 495 g/mol. The number of rotatable bonds is 6. The molecule has 0 aromatic heterocycles. The summed E-state index contributed by atoms with van der Waals surface area (Å²) in [6, 6.07) is 10.2. The van der Waals surface area contributed by atoms with Crippen LogP contribution in [-0.4, -0.2) is 24.4 Å². The second-order valence-electron chi connectivity index (χ2n) is 6.37. The van der Waals surface area contributed by atoms with E-state index >= 15 is 0 Å². The number of benzene rings is 2. The fourth-order valence-electron chi connectivity index (χ4n) is 2.68. The van der Waals surface area contributed by atoms with E-state index in [2.05, 4.69) is 15.9 Å². The molecule has 2 aromatic carbocycles. The Bertz CT molecular complexity index is 995. The second kappa shape index (κ2) is 9.24. The Balaban J connectivity index is 1.93. The zero-order valence-corrected chi connectivity index (χ0v) is 19.2. The molecule has 152 valence electrons. The third kappa shape index (κ3) is 4.79. The summed E-state index contributed by atoms with van der Waals surface area (Å²) >= 11 is 10.4. The minimum Gasteiger partial charge on any atom is -0.493 e. The van der Waals surface area contributed by atoms with Crippen molar-refractivity contribution in [1.29, 1.82) is 0 Å². The molecule has 1 atom stereocenters. The number of nitrogens with zero attached hydrogens (tertiary/aromatic N) is 1. The van der Waals surface area contributed by atoms with Gasteiger partial charge in [-0.3, -0.25) is 9.59 Å². The highest BCUT2D eigenvalue weighted by Crippen LogP contribution is 2.40. The molecule has 2 aromatic rings. The van der Waals surface area contributed by atoms with Crippen LogP contribution in [0, 0.1) is 0 Å². The molecule has 1 aliphatic rings. The third-order valence-electron chi connectivity index (χ3n) is 4.30. The molecule has 0 saturated carbocycles. The summed E-state index contributed by atoms with van der Waals surface area (Å²) in [5.41, 5.74) is 1.15. The van der Waals surface area contributed by atoms with Gasteiger partial charge in [0.25, 0.3) is 11.1 Å². The van der Waals surface area contributed by atoms with Crippen molar-refractivity contribution in [3.8, 4) is 11.5 Å². The van der Waals surface area contributed by atoms with Gasteiger partial charge in [0.1, 0.15) is 0 Å². The lowest BCUT2D eigenvalue weighted by Gasteiger charge is -2.17. The minimum absolute atomic E-state index is 0.0280. The largest absolute Gasteiger partial charge is 0.493 e. The maximum atomic E-state index is 12.8. The fraction of sp³-hybridized carbons (Fsp3) is 0.238. The zero-order chi connectivity index (χ0) is 21.1. The van der Waals surface area contributed by atoms with Crippen molar-refractivity contribution in [3.63, 3.8) is 0 Å². The maximum Gasteiger partial charge on any atom is 0.298 e. The molecule has 0 bridgehead atoms. The molecule has 8 heteroatoms. The van der Waals surface area contributed by atoms with Crippen LogP contribution in [0.1, 0.15) is 25.8 Å². The van der Waals surface area contributed by atoms with Crippen molar-refractivity contribution in [2.24, 2.45) is 0 Å². The van der Waals surface area contributed by atoms with Crippen LogP contribution in [0.4, 0.5) is 10.5 Å². The molecule has 1 saturated heterocycles. The first-order chi connectivity index (χ1) is 13.8. The van der Waals surface area contributed by atoms with E-state index in [9.17, 15) is 9.59 Å². The number of halogens is 2. The van der Waals surface area contributed by atoms with Crippen LogP contribution in [-0.2, 0) is 4.79 Å². The van der Waals surface area contributed by atoms with Crippen LogP contribution in [0.3, 0.4) is 0 Å². The Hall–Kier alpha value is -1.96. The van der Waals surface area contributed by atoms with Gasteiger partial charge in [0, 0.05) is 5.02 Å². The van der Waals surface area contributed by atoms with Gasteiger partial charge in [-0.05, 0) is 83.0 Å². The lowest BCUT2D eigenvalue weighted by Crippen LogP contribution is -2.27. The van der Waals surface area contributed by atoms with Crippen LogP contribution in [0.15, 0.2) is 45.8 Å². The summed E-state index contributed by atoms with van der Waals surface area (Å²) in [5, 5.41) is 0.0855. The number of hydrogen-bond donors (Lipinski definition) is 0. The molecule has 0 N–H and O–H groups in total. The number of methoxy groups -OCH3 is 1. The van der Waals surface area contributed by atoms with E-state index in [4.69, 9.17) is 21.1 Å². The summed E-state index contributed by atoms with van der Waals surface area (Å²) in [4.78, 5) is 26.7. The fourth-order valence-corrected chi connectivity index (χ4v) is 4.26. The van der Waals surface area contributed by atoms with Gasteiger partial charge >= 0.3 is 0 Å². The van der Waals surface area contributed by atoms with E-state index in [-0.39, 0.29) is 11.3 Å². The van der Waals surface area contributed by atoms with Crippen LogP contribution < -0.4 is 14.4 Å². The van der Waals surface area contributed by atoms with Gasteiger partial charge < -0.3 is 9.47 Å². The number of carbonyl (C=O) groups excluding carboxylic acids is 2. The lowest BCUT2D eigenvalue weighted by atomic mass is 10.1. The second-order valence-corrected chi connectivity index (χ2v) is 8.65. The van der Waals surface area contributed by atoms with Gasteiger partial charge in [-0.1, -0.05) is 24.6 Å². The Morgan fingerprint density at radius 1 is 1.28 bits per heavy atom. The van der Waals surface area contributed by atoms with E-state index in [1.165, 1.54) is 0 Å². The summed E-state index contributed by atoms with van der Waals surface area (Å²) in [6.45, 7) is 4.01. The molecule has 29 heavy (non-hydrogen) atoms. The molecule has 0 spiro atoms. The van der Waals surface area contributed by atoms with Crippen molar-refractivity contribution in [2.45, 2.75) is 26.4 Å². The number of amides is 2. The Morgan fingerprint density at radius 3 is 2.69 bits per heavy atom. The number of imide groups is 1. The first-order valence-electron chi connectivity index (χ1n) is 8.91. The molecular formula is C21H19BrClNO4S. The predicted octanol–water partition coefficient (Wildman–Crippen LogP) is 6.53. The molecule has 1 aliphatic heterocycles. The SMILES string of the molecule is CC[C@H](C)Oc1c(Br)cc(/C=C2/SC(=O)N(c3cccc(Cl)c3)C2=O)cc1OC. The van der Waals surface area contributed by atoms with E-state index < -0.39 is 5.91 Å². The molecule has 5 nitrogen and oxygen atoms in total. The summed E-state index contributed by atoms with van der Waals surface area (Å²) in [6.07, 6.45) is 2.55. The summed E-state index contributed by atoms with van der Waals surface area (Å²) in [7, 11) is 1.56. The smallest absolute Gasteiger partial charge is 0.298 e. The number of ether oxygens (including phenoxy) is 2. The van der Waals surface area contributed by atoms with Gasteiger partial charge in [-0.25, -0.2) is 4.90 Å². The standard InChI is InChI=1S/C21H19BrClNO4S/c1-4-12(2)28-19-16(22)8-13(9-17(19)27-3)10-18-20(25)24(21(26)29-18)15-7-5-6-14(23)11-15/h5-12H,4H2,1-3H3/b18-10+/t12-/m0/s1. The molecule has 0 unspecified atom stereocenters. The third-order valence-corrected chi connectivity index (χ3v) is 6.00. The quantitative estimate of drug-likeness (QED) is 0.426. The van der Waals surface area contributed by atoms with E-state index in [1.54, 1.807) is 43.5 Å². The van der Waals surface area contributed by atoms with Crippen molar-refractivity contribution < 1.29 is 19.1 Å². The highest BCUT2D eigenvalue weighted by atomic mass is 79.9. The van der Waals surface area contributed by atoms with E-state index in [0.29, 0.717) is 37.2 Å². The first kappa shape index (κ1) is 21.7. The van der Waals surface area contributed by atoms with Gasteiger partial charge in [-0.2, -0.15) is 0 Å². The predicted molar refractivity (Wildman–Crippen MR) is 121 cm³/mol. The number of hydrogen-bond acceptors (Lipinski definition) is 5. The van der Waals surface area contributed by atoms with Gasteiger partial charge in [-0.15, -0.1) is 0 Å². The lowest BCUT2D eigenvalue weighted by molar-refractivity contribution is -0.113. The van der Waals surface area contributed by atoms with Crippen molar-refractivity contribution >= 4 is 62.2 Å². The summed E-state index contributed by atoms with van der Waals surface area (Å²) in [5.74, 6) is 0.753. The van der Waals surface area contributed by atoms with Gasteiger partial charge in [0.15, 0.2) is 11.5 Å². The van der Waals surface area contributed by atoms with Gasteiger partial charge in [0.2, 0.25) is 0 Å². The van der Waals surface area contributed by atoms with Crippen molar-refractivity contribution in [3.05, 3.63) is 56.4 Å². The number of anilines is 1. The first-order valence-corrected chi connectivity index (χ1v) is 10.9. The Morgan fingerprint density at radius 2 is 2.03 bits per heavy atom. The average molecular weight is 497 g/mol. The minimum atomic E-state index is -0.391. The average Bonchev–Trinajstić information content (AvgIpc) is 2.96. The molecule has 0 aliphatic carbocycles. The maximum absolute atomic E-state index is 12.8. The number of carbonyl (C=O) groups is 2. The molecule has 1 fully saturated rings. The molecule has 2 amide bonds. The Kier molecular flexibility index (Phi) is 6.93. The zero-order valence-electron chi connectivity index (χ0n) is 16.1. The molecule has 3 rings (SSSR count). The Labute approximate surface area is 187 Å².